The summed E-state index contributed by atoms with van der Waals surface area (Å²) in [4.78, 5) is 23.9. The Morgan fingerprint density at radius 2 is 2.00 bits per heavy atom. The Hall–Kier alpha value is -1.23. The largest absolute Gasteiger partial charge is 0.356 e. The Kier molecular flexibility index (Phi) is 3.57. The first-order valence-electron chi connectivity index (χ1n) is 3.48. The number of carbonyl (C=O) groups excluding carboxylic acids is 1. The molecule has 0 saturated carbocycles. The predicted molar refractivity (Wildman–Crippen MR) is 50.0 cm³/mol. The van der Waals surface area contributed by atoms with Crippen molar-refractivity contribution in [2.24, 2.45) is 5.34 Å². The fourth-order valence-corrected chi connectivity index (χ4v) is 1.23. The average Bonchev–Trinajstić information content (AvgIpc) is 2.18. The maximum Gasteiger partial charge on any atom is 0.356 e. The number of benzene rings is 1. The van der Waals surface area contributed by atoms with E-state index < -0.39 is 10.8 Å². The summed E-state index contributed by atoms with van der Waals surface area (Å²) in [5.74, 6) is -0.721. The van der Waals surface area contributed by atoms with Gasteiger partial charge in [0.1, 0.15) is 4.83 Å². The quantitative estimate of drug-likeness (QED) is 0.465. The molecular weight excluding hydrogens is 238 g/mol. The molecule has 0 aromatic heterocycles. The van der Waals surface area contributed by atoms with Crippen molar-refractivity contribution in [2.75, 3.05) is 0 Å². The highest BCUT2D eigenvalue weighted by Gasteiger charge is 2.18. The minimum absolute atomic E-state index is 0.647. The van der Waals surface area contributed by atoms with Crippen LogP contribution in [0.3, 0.4) is 0 Å². The highest BCUT2D eigenvalue weighted by molar-refractivity contribution is 9.09. The van der Waals surface area contributed by atoms with Crippen molar-refractivity contribution >= 4 is 21.9 Å². The summed E-state index contributed by atoms with van der Waals surface area (Å²) >= 11 is 3.08. The third kappa shape index (κ3) is 2.62. The van der Waals surface area contributed by atoms with Crippen LogP contribution in [0.25, 0.3) is 0 Å². The van der Waals surface area contributed by atoms with Gasteiger partial charge in [-0.1, -0.05) is 46.3 Å². The van der Waals surface area contributed by atoms with Crippen molar-refractivity contribution in [3.63, 3.8) is 0 Å². The highest BCUT2D eigenvalue weighted by atomic mass is 79.9. The molecule has 0 spiro atoms. The van der Waals surface area contributed by atoms with Crippen LogP contribution in [0.1, 0.15) is 10.4 Å². The summed E-state index contributed by atoms with van der Waals surface area (Å²) in [5.41, 5.74) is 0.719. The Morgan fingerprint density at radius 3 is 2.54 bits per heavy atom. The van der Waals surface area contributed by atoms with Gasteiger partial charge >= 0.3 is 5.97 Å². The second kappa shape index (κ2) is 4.71. The fourth-order valence-electron chi connectivity index (χ4n) is 0.841. The number of hydrogen-bond donors (Lipinski definition) is 0. The van der Waals surface area contributed by atoms with Crippen molar-refractivity contribution in [1.82, 2.24) is 0 Å². The zero-order valence-corrected chi connectivity index (χ0v) is 8.10. The molecule has 0 saturated heterocycles. The molecule has 1 atom stereocenters. The standard InChI is InChI=1S/C8H6BrNO3/c9-7(8(11)13-10-12)6-4-2-1-3-5-6/h1-5,7H/t7-/m1/s1. The van der Waals surface area contributed by atoms with Crippen LogP contribution in [-0.2, 0) is 9.63 Å². The molecule has 1 rings (SSSR count). The van der Waals surface area contributed by atoms with Gasteiger partial charge in [0, 0.05) is 0 Å². The van der Waals surface area contributed by atoms with E-state index in [4.69, 9.17) is 0 Å². The summed E-state index contributed by atoms with van der Waals surface area (Å²) in [6.07, 6.45) is 0. The lowest BCUT2D eigenvalue weighted by Gasteiger charge is -2.04. The fraction of sp³-hybridized carbons (Fsp3) is 0.125. The van der Waals surface area contributed by atoms with Crippen molar-refractivity contribution < 1.29 is 9.63 Å². The van der Waals surface area contributed by atoms with Crippen molar-refractivity contribution in [1.29, 1.82) is 0 Å². The Morgan fingerprint density at radius 1 is 1.38 bits per heavy atom. The van der Waals surface area contributed by atoms with Crippen LogP contribution in [0.2, 0.25) is 0 Å². The van der Waals surface area contributed by atoms with Gasteiger partial charge in [-0.2, -0.15) is 0 Å². The number of nitrogens with zero attached hydrogens (tertiary/aromatic N) is 1. The van der Waals surface area contributed by atoms with E-state index in [0.29, 0.717) is 0 Å². The minimum Gasteiger partial charge on any atom is -0.283 e. The third-order valence-corrected chi connectivity index (χ3v) is 2.33. The normalized spacial score (nSPS) is 11.8. The van der Waals surface area contributed by atoms with Gasteiger partial charge in [-0.25, -0.2) is 4.79 Å². The lowest BCUT2D eigenvalue weighted by molar-refractivity contribution is -0.143. The van der Waals surface area contributed by atoms with E-state index >= 15 is 0 Å². The molecule has 1 aromatic rings. The molecule has 0 aliphatic carbocycles. The van der Waals surface area contributed by atoms with Crippen molar-refractivity contribution in [2.45, 2.75) is 4.83 Å². The Balaban J connectivity index is 2.73. The van der Waals surface area contributed by atoms with E-state index in [1.807, 2.05) is 6.07 Å². The number of carbonyl (C=O) groups is 1. The minimum atomic E-state index is -0.721. The number of halogens is 1. The molecular formula is C8H6BrNO3. The molecule has 0 N–H and O–H groups in total. The van der Waals surface area contributed by atoms with Gasteiger partial charge in [0.25, 0.3) is 0 Å². The van der Waals surface area contributed by atoms with Gasteiger partial charge in [0.15, 0.2) is 5.34 Å². The van der Waals surface area contributed by atoms with E-state index in [9.17, 15) is 9.70 Å². The molecule has 68 valence electrons. The van der Waals surface area contributed by atoms with Crippen LogP contribution in [0.5, 0.6) is 0 Å². The van der Waals surface area contributed by atoms with Crippen LogP contribution in [0, 0.1) is 4.91 Å². The molecule has 0 aliphatic heterocycles. The van der Waals surface area contributed by atoms with E-state index in [1.165, 1.54) is 0 Å². The highest BCUT2D eigenvalue weighted by Crippen LogP contribution is 2.23. The SMILES string of the molecule is O=NOC(=O)[C@H](Br)c1ccccc1. The maximum atomic E-state index is 11.0. The maximum absolute atomic E-state index is 11.0. The van der Waals surface area contributed by atoms with Crippen molar-refractivity contribution in [3.8, 4) is 0 Å². The van der Waals surface area contributed by atoms with E-state index in [2.05, 4.69) is 26.1 Å². The van der Waals surface area contributed by atoms with Gasteiger partial charge in [-0.3, -0.25) is 4.84 Å². The van der Waals surface area contributed by atoms with Gasteiger partial charge in [0.2, 0.25) is 0 Å². The second-order valence-corrected chi connectivity index (χ2v) is 3.17. The summed E-state index contributed by atoms with van der Waals surface area (Å²) in [7, 11) is 0. The van der Waals surface area contributed by atoms with Gasteiger partial charge in [-0.15, -0.1) is 4.91 Å². The molecule has 4 nitrogen and oxygen atoms in total. The average molecular weight is 244 g/mol. The molecule has 0 fully saturated rings. The van der Waals surface area contributed by atoms with Crippen LogP contribution in [-0.4, -0.2) is 5.97 Å². The van der Waals surface area contributed by atoms with E-state index in [0.717, 1.165) is 5.56 Å². The van der Waals surface area contributed by atoms with Crippen LogP contribution < -0.4 is 0 Å². The molecule has 0 radical (unpaired) electrons. The van der Waals surface area contributed by atoms with Gasteiger partial charge in [-0.05, 0) is 5.56 Å². The lowest BCUT2D eigenvalue weighted by Crippen LogP contribution is -2.07. The molecule has 0 heterocycles. The molecule has 0 unspecified atom stereocenters. The number of rotatable bonds is 3. The Labute approximate surface area is 83.0 Å². The smallest absolute Gasteiger partial charge is 0.283 e. The zero-order valence-electron chi connectivity index (χ0n) is 6.51. The van der Waals surface area contributed by atoms with E-state index in [1.54, 1.807) is 24.3 Å². The van der Waals surface area contributed by atoms with E-state index in [-0.39, 0.29) is 0 Å². The van der Waals surface area contributed by atoms with Crippen molar-refractivity contribution in [3.05, 3.63) is 40.8 Å². The first-order valence-corrected chi connectivity index (χ1v) is 4.40. The predicted octanol–water partition coefficient (Wildman–Crippen LogP) is 2.35. The zero-order chi connectivity index (χ0) is 9.68. The summed E-state index contributed by atoms with van der Waals surface area (Å²) < 4.78 is 0. The van der Waals surface area contributed by atoms with Gasteiger partial charge < -0.3 is 0 Å². The molecule has 0 aliphatic rings. The summed E-state index contributed by atoms with van der Waals surface area (Å²) in [6.45, 7) is 0. The Bertz CT molecular complexity index is 302. The number of alkyl halides is 1. The lowest BCUT2D eigenvalue weighted by atomic mass is 10.2. The summed E-state index contributed by atoms with van der Waals surface area (Å²) in [6, 6.07) is 8.87. The van der Waals surface area contributed by atoms with Crippen LogP contribution in [0.4, 0.5) is 0 Å². The summed E-state index contributed by atoms with van der Waals surface area (Å²) in [5, 5.41) is 2.05. The number of hydrogen-bond acceptors (Lipinski definition) is 4. The molecule has 1 aromatic carbocycles. The molecule has 0 amide bonds. The third-order valence-electron chi connectivity index (χ3n) is 1.43. The first kappa shape index (κ1) is 9.85. The van der Waals surface area contributed by atoms with Gasteiger partial charge in [0.05, 0.1) is 0 Å². The topological polar surface area (TPSA) is 55.7 Å². The first-order chi connectivity index (χ1) is 6.25. The van der Waals surface area contributed by atoms with Crippen LogP contribution >= 0.6 is 15.9 Å². The molecule has 5 heteroatoms. The second-order valence-electron chi connectivity index (χ2n) is 2.26. The molecule has 0 bridgehead atoms. The van der Waals surface area contributed by atoms with Crippen LogP contribution in [0.15, 0.2) is 35.7 Å². The monoisotopic (exact) mass is 243 g/mol. The molecule has 13 heavy (non-hydrogen) atoms.